The summed E-state index contributed by atoms with van der Waals surface area (Å²) in [6.07, 6.45) is 32.0. The lowest BCUT2D eigenvalue weighted by Crippen LogP contribution is -2.34. The van der Waals surface area contributed by atoms with Gasteiger partial charge in [0.15, 0.2) is 28.2 Å². The first kappa shape index (κ1) is 90.5. The van der Waals surface area contributed by atoms with Gasteiger partial charge in [0.25, 0.3) is 0 Å². The van der Waals surface area contributed by atoms with E-state index in [9.17, 15) is 22.0 Å². The van der Waals surface area contributed by atoms with Crippen LogP contribution in [0.4, 0.5) is 51.0 Å². The second-order valence-corrected chi connectivity index (χ2v) is 38.7. The highest BCUT2D eigenvalue weighted by Gasteiger charge is 2.55. The summed E-state index contributed by atoms with van der Waals surface area (Å²) in [6.45, 7) is 30.7. The van der Waals surface area contributed by atoms with Crippen LogP contribution in [0.1, 0.15) is 184 Å². The molecule has 714 valence electrons. The van der Waals surface area contributed by atoms with E-state index in [0.717, 1.165) is 262 Å². The van der Waals surface area contributed by atoms with Crippen LogP contribution in [0, 0.1) is 29.1 Å². The summed E-state index contributed by atoms with van der Waals surface area (Å²) in [5.41, 5.74) is 18.7. The van der Waals surface area contributed by atoms with E-state index < -0.39 is 0 Å². The van der Waals surface area contributed by atoms with Crippen LogP contribution < -0.4 is 60.6 Å². The predicted molar refractivity (Wildman–Crippen MR) is 529 cm³/mol. The van der Waals surface area contributed by atoms with E-state index in [1.165, 1.54) is 30.1 Å². The summed E-state index contributed by atoms with van der Waals surface area (Å²) in [5, 5.41) is 39.9. The zero-order valence-corrected chi connectivity index (χ0v) is 79.5. The molecular weight excluding hydrogens is 1770 g/mol. The fourth-order valence-electron chi connectivity index (χ4n) is 20.7. The van der Waals surface area contributed by atoms with Crippen LogP contribution in [-0.2, 0) is 47.0 Å². The molecule has 0 radical (unpaired) electrons. The first-order valence-corrected chi connectivity index (χ1v) is 47.6. The third-order valence-electron chi connectivity index (χ3n) is 29.6. The summed E-state index contributed by atoms with van der Waals surface area (Å²) in [4.78, 5) is 43.2. The molecule has 10 aliphatic rings. The van der Waals surface area contributed by atoms with E-state index in [4.69, 9.17) is 34.6 Å². The van der Waals surface area contributed by atoms with Crippen molar-refractivity contribution in [1.82, 2.24) is 110 Å². The third kappa shape index (κ3) is 16.7. The molecule has 5 spiro atoms. The largest absolute Gasteiger partial charge is 0.491 e. The predicted octanol–water partition coefficient (Wildman–Crippen LogP) is 16.7. The van der Waals surface area contributed by atoms with Gasteiger partial charge in [0.2, 0.25) is 0 Å². The van der Waals surface area contributed by atoms with Gasteiger partial charge in [-0.25, -0.2) is 69.4 Å². The summed E-state index contributed by atoms with van der Waals surface area (Å²) in [6, 6.07) is 32.4. The minimum Gasteiger partial charge on any atom is -0.491 e. The van der Waals surface area contributed by atoms with Crippen LogP contribution in [-0.4, -0.2) is 162 Å². The zero-order chi connectivity index (χ0) is 96.5. The molecule has 0 amide bonds. The van der Waals surface area contributed by atoms with Gasteiger partial charge in [-0.3, -0.25) is 9.97 Å². The second kappa shape index (κ2) is 35.2. The minimum atomic E-state index is -0.319. The second-order valence-electron chi connectivity index (χ2n) is 38.7. The monoisotopic (exact) mass is 1880 g/mol. The van der Waals surface area contributed by atoms with Gasteiger partial charge in [-0.2, -0.15) is 15.3 Å². The maximum Gasteiger partial charge on any atom is 0.166 e. The number of rotatable bonds is 0. The number of hydrogen-bond acceptors (Lipinski definition) is 24. The number of fused-ring (bicyclic) bond motifs is 15. The van der Waals surface area contributed by atoms with E-state index in [2.05, 4.69) is 147 Å². The highest BCUT2D eigenvalue weighted by molar-refractivity contribution is 5.77. The lowest BCUT2D eigenvalue weighted by Gasteiger charge is -2.31. The number of benzene rings is 3. The van der Waals surface area contributed by atoms with Crippen molar-refractivity contribution in [3.8, 4) is 11.5 Å². The number of halogens is 5. The fourth-order valence-corrected chi connectivity index (χ4v) is 20.7. The molecule has 5 N–H and O–H groups in total. The maximum absolute atomic E-state index is 14.2. The van der Waals surface area contributed by atoms with Gasteiger partial charge in [-0.1, -0.05) is 39.0 Å². The molecule has 139 heavy (non-hydrogen) atoms. The van der Waals surface area contributed by atoms with Crippen molar-refractivity contribution in [3.05, 3.63) is 306 Å². The molecule has 29 nitrogen and oxygen atoms in total. The van der Waals surface area contributed by atoms with Gasteiger partial charge in [0, 0.05) is 129 Å². The van der Waals surface area contributed by atoms with Gasteiger partial charge in [0.05, 0.1) is 105 Å². The van der Waals surface area contributed by atoms with Crippen LogP contribution >= 0.6 is 0 Å². The van der Waals surface area contributed by atoms with E-state index in [1.54, 1.807) is 91.4 Å². The van der Waals surface area contributed by atoms with Crippen LogP contribution in [0.25, 0.3) is 56.7 Å². The summed E-state index contributed by atoms with van der Waals surface area (Å²) >= 11 is 0. The lowest BCUT2D eigenvalue weighted by atomic mass is 9.93. The Balaban J connectivity index is 0.000000103. The smallest absolute Gasteiger partial charge is 0.166 e. The Morgan fingerprint density at radius 2 is 0.712 bits per heavy atom. The average molecular weight is 1880 g/mol. The van der Waals surface area contributed by atoms with Gasteiger partial charge in [-0.15, -0.1) is 10.2 Å². The van der Waals surface area contributed by atoms with E-state index >= 15 is 0 Å². The molecule has 25 rings (SSSR count). The quantitative estimate of drug-likeness (QED) is 0.0883. The van der Waals surface area contributed by atoms with Crippen LogP contribution in [0.2, 0.25) is 0 Å². The SMILES string of the molecule is C=C1NCCOc2ccc(F)cc2C2(CC2)N(C)c2ccn3ncc1c3n2.C=C1N[C@H](C)CCc2ccc(F)cc2C2(CC2)N(C)c2ccn3ncc1c3n2.C=C1N[C@H](C)CCc2ncc(F)cc2C2(CC2)N(C)c2ccc3ncc1n3n2.C=C1N[C@H](C)CCc2ncc(F)cc2C2(CC2)N(C)c2ccn3ncc1c3n2.C=C1N[C@H](C)COc2ccc(F)cc2C2(CC2)N(C)c2ccc3ncc1n3n2. The van der Waals surface area contributed by atoms with Crippen molar-refractivity contribution in [2.45, 2.75) is 182 Å². The van der Waals surface area contributed by atoms with E-state index in [0.29, 0.717) is 25.5 Å². The molecule has 17 heterocycles. The first-order valence-electron chi connectivity index (χ1n) is 47.6. The molecule has 4 atom stereocenters. The van der Waals surface area contributed by atoms with Crippen molar-refractivity contribution in [1.29, 1.82) is 0 Å². The standard InChI is InChI=1S/C22H24FN5.2C21H23FN6.C21H22FN5O.C20H20FN5O/c1-14-4-5-16-6-7-17(23)12-19(16)22(9-10-22)27(3)20-8-11-28-21(26-20)18(13-24-28)15(2)25-14;1-13-4-5-18-17(10-15(22)11-23-18)21(7-8-21)27(3)19-6-9-28-20(26-19)16(12-24-28)14(2)25-13;1-13-4-5-17-16(10-15(22)11-23-17)21(8-9-21)27(3)20-7-6-19-24-12-18(14(2)25-13)28(19)26-20;1-13-12-28-18-5-4-15(22)10-16(18)21(8-9-21)26(3)20-7-6-19-23-11-17(14(2)24-13)27(19)25-20;1-13-15-12-23-26-9-5-18(24-19(15)26)25(2)20(6-7-20)16-11-14(21)3-4-17(16)27-10-8-22-13/h6-8,11-14,25H,2,4-5,9-10H2,1,3H3;6,9-13,25H,2,4-5,7-8H2,1,3H3;6-7,10-13,25H,2,4-5,8-9H2,1,3H3;4-7,10-11,13,24H,2,8-9,12H2,1,3H3;3-5,9,11-12,22H,1,6-8,10H2,2H3/t14-;3*13-;/m1111./s1. The van der Waals surface area contributed by atoms with Gasteiger partial charge in [0.1, 0.15) is 94.3 Å². The molecule has 5 aliphatic carbocycles. The molecule has 5 fully saturated rings. The van der Waals surface area contributed by atoms with Crippen molar-refractivity contribution in [2.24, 2.45) is 0 Å². The van der Waals surface area contributed by atoms with Gasteiger partial charge in [-0.05, 0) is 245 Å². The van der Waals surface area contributed by atoms with Crippen molar-refractivity contribution in [2.75, 3.05) is 79.5 Å². The molecule has 3 aromatic carbocycles. The zero-order valence-electron chi connectivity index (χ0n) is 79.5. The number of hydrogen-bond donors (Lipinski definition) is 5. The Kier molecular flexibility index (Phi) is 22.9. The van der Waals surface area contributed by atoms with Gasteiger partial charge >= 0.3 is 0 Å². The molecule has 0 unspecified atom stereocenters. The van der Waals surface area contributed by atoms with E-state index in [1.807, 2.05) is 113 Å². The highest BCUT2D eigenvalue weighted by Crippen LogP contribution is 2.59. The van der Waals surface area contributed by atoms with Gasteiger partial charge < -0.3 is 60.6 Å². The Hall–Kier alpha value is -15.0. The number of aryl methyl sites for hydroxylation is 3. The number of anilines is 5. The Labute approximate surface area is 801 Å². The number of nitrogens with one attached hydrogen (secondary N) is 5. The minimum absolute atomic E-state index is 0.00720. The van der Waals surface area contributed by atoms with Crippen molar-refractivity contribution in [3.63, 3.8) is 0 Å². The summed E-state index contributed by atoms with van der Waals surface area (Å²) < 4.78 is 91.7. The third-order valence-corrected chi connectivity index (χ3v) is 29.6. The van der Waals surface area contributed by atoms with Crippen molar-refractivity contribution >= 4 is 85.8 Å². The molecule has 5 saturated carbocycles. The molecule has 10 bridgehead atoms. The number of aromatic nitrogens is 17. The molecule has 34 heteroatoms. The summed E-state index contributed by atoms with van der Waals surface area (Å²) in [5.74, 6) is 4.28. The number of pyridine rings is 2. The molecular formula is C105H112F5N27O2. The topological polar surface area (TPSA) is 272 Å². The fraction of sp³-hybridized carbons (Fsp3) is 0.352. The van der Waals surface area contributed by atoms with Crippen LogP contribution in [0.5, 0.6) is 11.5 Å². The molecule has 5 aliphatic heterocycles. The number of ether oxygens (including phenoxy) is 2. The summed E-state index contributed by atoms with van der Waals surface area (Å²) in [7, 11) is 10.1. The highest BCUT2D eigenvalue weighted by atomic mass is 19.1. The number of imidazole rings is 2. The Morgan fingerprint density at radius 3 is 1.14 bits per heavy atom. The Morgan fingerprint density at radius 1 is 0.353 bits per heavy atom. The molecule has 15 aromatic rings. The lowest BCUT2D eigenvalue weighted by molar-refractivity contribution is 0.279. The first-order chi connectivity index (χ1) is 67.0. The maximum atomic E-state index is 14.2. The molecule has 12 aromatic heterocycles. The normalized spacial score (nSPS) is 20.4. The van der Waals surface area contributed by atoms with Crippen LogP contribution in [0.15, 0.2) is 204 Å². The van der Waals surface area contributed by atoms with Crippen LogP contribution in [0.3, 0.4) is 0 Å². The Bertz CT molecular complexity index is 6710. The average Bonchev–Trinajstić information content (AvgIpc) is 1.59. The van der Waals surface area contributed by atoms with Crippen molar-refractivity contribution < 1.29 is 31.4 Å². The van der Waals surface area contributed by atoms with E-state index in [-0.39, 0.29) is 80.9 Å². The molecule has 0 saturated heterocycles. The number of nitrogens with zero attached hydrogens (tertiary/aromatic N) is 22.